The van der Waals surface area contributed by atoms with Crippen LogP contribution < -0.4 is 10.6 Å². The van der Waals surface area contributed by atoms with E-state index in [4.69, 9.17) is 4.74 Å². The van der Waals surface area contributed by atoms with Crippen LogP contribution in [0.1, 0.15) is 40.0 Å². The molecule has 1 aliphatic heterocycles. The molecule has 6 heteroatoms. The number of carbonyl (C=O) groups is 2. The molecule has 6 nitrogen and oxygen atoms in total. The van der Waals surface area contributed by atoms with Gasteiger partial charge in [-0.3, -0.25) is 9.59 Å². The number of hydrogen-bond donors (Lipinski definition) is 2. The van der Waals surface area contributed by atoms with E-state index < -0.39 is 0 Å². The third-order valence-corrected chi connectivity index (χ3v) is 3.47. The molecule has 2 N–H and O–H groups in total. The molecule has 0 aromatic carbocycles. The Hall–Kier alpha value is -1.14. The van der Waals surface area contributed by atoms with Gasteiger partial charge in [0.25, 0.3) is 0 Å². The molecule has 0 bridgehead atoms. The van der Waals surface area contributed by atoms with Crippen LogP contribution in [-0.2, 0) is 14.3 Å². The van der Waals surface area contributed by atoms with Crippen LogP contribution >= 0.6 is 0 Å². The van der Waals surface area contributed by atoms with Gasteiger partial charge in [0, 0.05) is 12.6 Å². The van der Waals surface area contributed by atoms with E-state index in [9.17, 15) is 9.59 Å². The first kappa shape index (κ1) is 17.9. The average Bonchev–Trinajstić information content (AvgIpc) is 2.45. The van der Waals surface area contributed by atoms with Crippen molar-refractivity contribution in [2.45, 2.75) is 52.2 Å². The van der Waals surface area contributed by atoms with Crippen LogP contribution in [0.4, 0.5) is 0 Å². The lowest BCUT2D eigenvalue weighted by Gasteiger charge is -2.24. The second-order valence-electron chi connectivity index (χ2n) is 5.70. The highest BCUT2D eigenvalue weighted by molar-refractivity contribution is 5.84. The van der Waals surface area contributed by atoms with Crippen molar-refractivity contribution in [3.05, 3.63) is 0 Å². The van der Waals surface area contributed by atoms with Crippen molar-refractivity contribution < 1.29 is 14.3 Å². The lowest BCUT2D eigenvalue weighted by atomic mass is 10.1. The SMILES string of the molecule is CCN(CC(=O)NC(C)C)C(=O)CCOC1CCNCC1. The Balaban J connectivity index is 2.25. The van der Waals surface area contributed by atoms with Gasteiger partial charge in [0.05, 0.1) is 25.7 Å². The van der Waals surface area contributed by atoms with Gasteiger partial charge in [-0.25, -0.2) is 0 Å². The number of nitrogens with one attached hydrogen (secondary N) is 2. The zero-order valence-electron chi connectivity index (χ0n) is 13.5. The first-order valence-corrected chi connectivity index (χ1v) is 7.92. The summed E-state index contributed by atoms with van der Waals surface area (Å²) in [6, 6.07) is 0.0922. The Morgan fingerprint density at radius 3 is 2.57 bits per heavy atom. The van der Waals surface area contributed by atoms with Crippen LogP contribution in [0.2, 0.25) is 0 Å². The van der Waals surface area contributed by atoms with Crippen molar-refractivity contribution in [1.29, 1.82) is 0 Å². The molecule has 0 unspecified atom stereocenters. The molecule has 0 radical (unpaired) electrons. The normalized spacial score (nSPS) is 16.0. The molecule has 1 aliphatic rings. The minimum Gasteiger partial charge on any atom is -0.378 e. The number of piperidine rings is 1. The fourth-order valence-corrected chi connectivity index (χ4v) is 2.35. The third kappa shape index (κ3) is 7.43. The lowest BCUT2D eigenvalue weighted by molar-refractivity contribution is -0.137. The van der Waals surface area contributed by atoms with Gasteiger partial charge in [0.15, 0.2) is 0 Å². The number of hydrogen-bond acceptors (Lipinski definition) is 4. The molecule has 1 heterocycles. The molecule has 0 atom stereocenters. The van der Waals surface area contributed by atoms with Gasteiger partial charge in [-0.05, 0) is 46.7 Å². The minimum absolute atomic E-state index is 0.0228. The molecule has 0 aromatic rings. The second-order valence-corrected chi connectivity index (χ2v) is 5.70. The highest BCUT2D eigenvalue weighted by Gasteiger charge is 2.17. The molecular formula is C15H29N3O3. The zero-order valence-corrected chi connectivity index (χ0v) is 13.5. The van der Waals surface area contributed by atoms with Crippen molar-refractivity contribution in [2.24, 2.45) is 0 Å². The summed E-state index contributed by atoms with van der Waals surface area (Å²) in [6.45, 7) is 8.76. The second kappa shape index (κ2) is 9.73. The molecule has 0 aromatic heterocycles. The largest absolute Gasteiger partial charge is 0.378 e. The van der Waals surface area contributed by atoms with E-state index in [0.29, 0.717) is 19.6 Å². The maximum Gasteiger partial charge on any atom is 0.239 e. The average molecular weight is 299 g/mol. The zero-order chi connectivity index (χ0) is 15.7. The topological polar surface area (TPSA) is 70.7 Å². The number of nitrogens with zero attached hydrogens (tertiary/aromatic N) is 1. The molecular weight excluding hydrogens is 270 g/mol. The van der Waals surface area contributed by atoms with Crippen molar-refractivity contribution in [3.63, 3.8) is 0 Å². The summed E-state index contributed by atoms with van der Waals surface area (Å²) < 4.78 is 5.73. The number of ether oxygens (including phenoxy) is 1. The fraction of sp³-hybridized carbons (Fsp3) is 0.867. The smallest absolute Gasteiger partial charge is 0.239 e. The van der Waals surface area contributed by atoms with E-state index >= 15 is 0 Å². The Kier molecular flexibility index (Phi) is 8.30. The Bertz CT molecular complexity index is 328. The van der Waals surface area contributed by atoms with Gasteiger partial charge in [-0.2, -0.15) is 0 Å². The summed E-state index contributed by atoms with van der Waals surface area (Å²) in [7, 11) is 0. The van der Waals surface area contributed by atoms with Crippen molar-refractivity contribution >= 4 is 11.8 Å². The van der Waals surface area contributed by atoms with Crippen LogP contribution in [0.3, 0.4) is 0 Å². The van der Waals surface area contributed by atoms with Crippen LogP contribution in [0.25, 0.3) is 0 Å². The van der Waals surface area contributed by atoms with Gasteiger partial charge < -0.3 is 20.3 Å². The van der Waals surface area contributed by atoms with Crippen LogP contribution in [-0.4, -0.2) is 61.6 Å². The summed E-state index contributed by atoms with van der Waals surface area (Å²) in [6.07, 6.45) is 2.61. The van der Waals surface area contributed by atoms with Gasteiger partial charge in [0.1, 0.15) is 0 Å². The molecule has 0 aliphatic carbocycles. The van der Waals surface area contributed by atoms with E-state index in [1.54, 1.807) is 4.90 Å². The maximum absolute atomic E-state index is 12.1. The van der Waals surface area contributed by atoms with Crippen molar-refractivity contribution in [2.75, 3.05) is 32.8 Å². The molecule has 1 rings (SSSR count). The van der Waals surface area contributed by atoms with E-state index in [2.05, 4.69) is 10.6 Å². The van der Waals surface area contributed by atoms with Gasteiger partial charge in [-0.1, -0.05) is 0 Å². The van der Waals surface area contributed by atoms with Gasteiger partial charge >= 0.3 is 0 Å². The van der Waals surface area contributed by atoms with Crippen molar-refractivity contribution in [1.82, 2.24) is 15.5 Å². The first-order valence-electron chi connectivity index (χ1n) is 7.92. The third-order valence-electron chi connectivity index (χ3n) is 3.47. The molecule has 0 spiro atoms. The number of amides is 2. The molecule has 21 heavy (non-hydrogen) atoms. The highest BCUT2D eigenvalue weighted by atomic mass is 16.5. The number of likely N-dealkylation sites (N-methyl/N-ethyl adjacent to an activating group) is 1. The maximum atomic E-state index is 12.1. The predicted octanol–water partition coefficient (Wildman–Crippen LogP) is 0.518. The monoisotopic (exact) mass is 299 g/mol. The summed E-state index contributed by atoms with van der Waals surface area (Å²) in [5, 5.41) is 6.08. The van der Waals surface area contributed by atoms with Crippen LogP contribution in [0.5, 0.6) is 0 Å². The molecule has 122 valence electrons. The fourth-order valence-electron chi connectivity index (χ4n) is 2.35. The van der Waals surface area contributed by atoms with E-state index in [-0.39, 0.29) is 30.5 Å². The molecule has 1 saturated heterocycles. The Labute approximate surface area is 127 Å². The summed E-state index contributed by atoms with van der Waals surface area (Å²) >= 11 is 0. The summed E-state index contributed by atoms with van der Waals surface area (Å²) in [4.78, 5) is 25.4. The number of rotatable bonds is 8. The van der Waals surface area contributed by atoms with Crippen LogP contribution in [0, 0.1) is 0 Å². The molecule has 1 fully saturated rings. The highest BCUT2D eigenvalue weighted by Crippen LogP contribution is 2.08. The van der Waals surface area contributed by atoms with Crippen LogP contribution in [0.15, 0.2) is 0 Å². The van der Waals surface area contributed by atoms with Crippen molar-refractivity contribution in [3.8, 4) is 0 Å². The Morgan fingerprint density at radius 2 is 2.00 bits per heavy atom. The summed E-state index contributed by atoms with van der Waals surface area (Å²) in [5.41, 5.74) is 0. The molecule has 2 amide bonds. The Morgan fingerprint density at radius 1 is 1.33 bits per heavy atom. The minimum atomic E-state index is -0.112. The molecule has 0 saturated carbocycles. The first-order chi connectivity index (χ1) is 10.0. The van der Waals surface area contributed by atoms with E-state index in [0.717, 1.165) is 25.9 Å². The summed E-state index contributed by atoms with van der Waals surface area (Å²) in [5.74, 6) is -0.134. The van der Waals surface area contributed by atoms with E-state index in [1.165, 1.54) is 0 Å². The van der Waals surface area contributed by atoms with Gasteiger partial charge in [-0.15, -0.1) is 0 Å². The quantitative estimate of drug-likeness (QED) is 0.685. The predicted molar refractivity (Wildman–Crippen MR) is 82.0 cm³/mol. The van der Waals surface area contributed by atoms with Gasteiger partial charge in [0.2, 0.25) is 11.8 Å². The standard InChI is InChI=1S/C15H29N3O3/c1-4-18(11-14(19)17-12(2)3)15(20)7-10-21-13-5-8-16-9-6-13/h12-13,16H,4-11H2,1-3H3,(H,17,19). The van der Waals surface area contributed by atoms with E-state index in [1.807, 2.05) is 20.8 Å². The lowest BCUT2D eigenvalue weighted by Crippen LogP contribution is -2.43. The number of carbonyl (C=O) groups excluding carboxylic acids is 2.